The summed E-state index contributed by atoms with van der Waals surface area (Å²) in [5.41, 5.74) is 2.33. The highest BCUT2D eigenvalue weighted by Gasteiger charge is 2.45. The maximum Gasteiger partial charge on any atom is 0.276 e. The number of pyridine rings is 2. The molecule has 1 saturated carbocycles. The van der Waals surface area contributed by atoms with Gasteiger partial charge in [0.05, 0.1) is 28.3 Å². The van der Waals surface area contributed by atoms with Gasteiger partial charge in [0, 0.05) is 26.0 Å². The second-order valence-electron chi connectivity index (χ2n) is 8.40. The molecule has 32 heavy (non-hydrogen) atoms. The number of fused-ring (bicyclic) bond motifs is 2. The lowest BCUT2D eigenvalue weighted by Gasteiger charge is -2.07. The molecular formula is C22H22N6O3S. The minimum absolute atomic E-state index is 0.0836. The zero-order valence-electron chi connectivity index (χ0n) is 18.2. The molecule has 0 atom stereocenters. The van der Waals surface area contributed by atoms with Crippen LogP contribution in [0.5, 0.6) is 0 Å². The lowest BCUT2D eigenvalue weighted by molar-refractivity contribution is 0.598. The monoisotopic (exact) mass is 450 g/mol. The van der Waals surface area contributed by atoms with Crippen LogP contribution in [0.15, 0.2) is 34.1 Å². The van der Waals surface area contributed by atoms with Crippen LogP contribution >= 0.6 is 0 Å². The highest BCUT2D eigenvalue weighted by atomic mass is 32.2. The Morgan fingerprint density at radius 2 is 1.94 bits per heavy atom. The van der Waals surface area contributed by atoms with Gasteiger partial charge in [0.15, 0.2) is 15.7 Å². The van der Waals surface area contributed by atoms with Crippen LogP contribution in [-0.4, -0.2) is 37.9 Å². The number of nitrogens with zero attached hydrogens (tertiary/aromatic N) is 6. The zero-order valence-corrected chi connectivity index (χ0v) is 19.1. The Morgan fingerprint density at radius 3 is 2.56 bits per heavy atom. The highest BCUT2D eigenvalue weighted by Crippen LogP contribution is 2.47. The normalized spacial score (nSPS) is 15.3. The van der Waals surface area contributed by atoms with Gasteiger partial charge in [0.1, 0.15) is 16.1 Å². The molecule has 1 aliphatic rings. The smallest absolute Gasteiger partial charge is 0.276 e. The topological polar surface area (TPSA) is 115 Å². The summed E-state index contributed by atoms with van der Waals surface area (Å²) in [4.78, 5) is 17.5. The third-order valence-electron chi connectivity index (χ3n) is 6.51. The minimum atomic E-state index is -3.66. The van der Waals surface area contributed by atoms with E-state index in [2.05, 4.69) is 16.2 Å². The molecule has 0 aliphatic heterocycles. The van der Waals surface area contributed by atoms with Crippen molar-refractivity contribution in [2.45, 2.75) is 37.0 Å². The van der Waals surface area contributed by atoms with Crippen molar-refractivity contribution in [2.75, 3.05) is 5.75 Å². The molecule has 0 N–H and O–H groups in total. The fraction of sp³-hybridized carbons (Fsp3) is 0.364. The van der Waals surface area contributed by atoms with Crippen LogP contribution in [0.4, 0.5) is 0 Å². The largest absolute Gasteiger partial charge is 0.321 e. The maximum atomic E-state index is 13.1. The zero-order chi connectivity index (χ0) is 23.0. The van der Waals surface area contributed by atoms with Crippen LogP contribution in [-0.2, 0) is 29.3 Å². The number of imidazole rings is 1. The van der Waals surface area contributed by atoms with Crippen LogP contribution < -0.4 is 5.56 Å². The van der Waals surface area contributed by atoms with Gasteiger partial charge in [0.2, 0.25) is 0 Å². The molecule has 0 bridgehead atoms. The van der Waals surface area contributed by atoms with Crippen molar-refractivity contribution in [1.29, 1.82) is 5.26 Å². The third kappa shape index (κ3) is 2.67. The molecule has 0 saturated heterocycles. The van der Waals surface area contributed by atoms with Crippen molar-refractivity contribution in [1.82, 2.24) is 23.7 Å². The first-order chi connectivity index (χ1) is 15.1. The van der Waals surface area contributed by atoms with Gasteiger partial charge in [-0.1, -0.05) is 13.0 Å². The molecule has 9 nitrogen and oxygen atoms in total. The Hall–Kier alpha value is -3.45. The van der Waals surface area contributed by atoms with E-state index in [0.717, 1.165) is 24.1 Å². The summed E-state index contributed by atoms with van der Waals surface area (Å²) >= 11 is 0. The average molecular weight is 451 g/mol. The fourth-order valence-electron chi connectivity index (χ4n) is 4.20. The lowest BCUT2D eigenvalue weighted by atomic mass is 10.00. The van der Waals surface area contributed by atoms with Gasteiger partial charge in [-0.05, 0) is 37.5 Å². The number of hydrogen-bond acceptors (Lipinski definition) is 6. The summed E-state index contributed by atoms with van der Waals surface area (Å²) in [6.45, 7) is 3.40. The maximum absolute atomic E-state index is 13.1. The van der Waals surface area contributed by atoms with E-state index in [1.54, 1.807) is 50.0 Å². The SMILES string of the molecule is CCS(=O)(=O)c1c(-c2nc3cc(C)n(C)c(=O)c3n2C)nn2cc(C3(C#N)CC3)ccc12. The second kappa shape index (κ2) is 6.53. The van der Waals surface area contributed by atoms with Gasteiger partial charge in [-0.3, -0.25) is 4.79 Å². The molecule has 0 unspecified atom stereocenters. The molecule has 10 heteroatoms. The summed E-state index contributed by atoms with van der Waals surface area (Å²) in [5, 5.41) is 14.2. The number of aromatic nitrogens is 5. The van der Waals surface area contributed by atoms with E-state index in [9.17, 15) is 18.5 Å². The van der Waals surface area contributed by atoms with E-state index >= 15 is 0 Å². The van der Waals surface area contributed by atoms with Crippen LogP contribution in [0.2, 0.25) is 0 Å². The van der Waals surface area contributed by atoms with Gasteiger partial charge in [-0.2, -0.15) is 10.4 Å². The quantitative estimate of drug-likeness (QED) is 0.471. The molecule has 0 aromatic carbocycles. The number of rotatable bonds is 4. The van der Waals surface area contributed by atoms with E-state index in [1.165, 1.54) is 9.08 Å². The van der Waals surface area contributed by atoms with Crippen molar-refractivity contribution in [3.63, 3.8) is 0 Å². The minimum Gasteiger partial charge on any atom is -0.321 e. The van der Waals surface area contributed by atoms with Gasteiger partial charge in [-0.25, -0.2) is 17.9 Å². The van der Waals surface area contributed by atoms with Crippen molar-refractivity contribution < 1.29 is 8.42 Å². The van der Waals surface area contributed by atoms with Crippen molar-refractivity contribution in [3.05, 3.63) is 46.0 Å². The number of sulfone groups is 1. The first-order valence-corrected chi connectivity index (χ1v) is 12.0. The average Bonchev–Trinajstić information content (AvgIpc) is 3.38. The van der Waals surface area contributed by atoms with Gasteiger partial charge < -0.3 is 9.13 Å². The Bertz CT molecular complexity index is 1650. The molecule has 0 amide bonds. The molecule has 1 aliphatic carbocycles. The van der Waals surface area contributed by atoms with Crippen LogP contribution in [0.1, 0.15) is 31.0 Å². The highest BCUT2D eigenvalue weighted by molar-refractivity contribution is 7.91. The van der Waals surface area contributed by atoms with Crippen LogP contribution in [0.25, 0.3) is 28.1 Å². The van der Waals surface area contributed by atoms with E-state index in [1.807, 2.05) is 6.92 Å². The Kier molecular flexibility index (Phi) is 4.17. The Balaban J connectivity index is 1.85. The molecule has 0 radical (unpaired) electrons. The molecule has 4 aromatic rings. The van der Waals surface area contributed by atoms with Gasteiger partial charge in [-0.15, -0.1) is 0 Å². The Morgan fingerprint density at radius 1 is 1.22 bits per heavy atom. The predicted molar refractivity (Wildman–Crippen MR) is 119 cm³/mol. The molecule has 4 aromatic heterocycles. The molecule has 5 rings (SSSR count). The first-order valence-electron chi connectivity index (χ1n) is 10.3. The molecule has 0 spiro atoms. The lowest BCUT2D eigenvalue weighted by Crippen LogP contribution is -2.20. The first kappa shape index (κ1) is 20.5. The van der Waals surface area contributed by atoms with E-state index in [4.69, 9.17) is 0 Å². The molecule has 164 valence electrons. The summed E-state index contributed by atoms with van der Waals surface area (Å²) in [6, 6.07) is 7.67. The molecule has 1 fully saturated rings. The van der Waals surface area contributed by atoms with Crippen LogP contribution in [0.3, 0.4) is 0 Å². The second-order valence-corrected chi connectivity index (χ2v) is 10.6. The number of aryl methyl sites for hydroxylation is 2. The van der Waals surface area contributed by atoms with Crippen LogP contribution in [0, 0.1) is 18.3 Å². The van der Waals surface area contributed by atoms with E-state index in [-0.39, 0.29) is 21.9 Å². The summed E-state index contributed by atoms with van der Waals surface area (Å²) in [5.74, 6) is 0.206. The standard InChI is InChI=1S/C22H22N6O3S/c1-5-32(30,31)19-16-7-6-14(22(12-23)8-9-22)11-28(16)25-17(19)20-24-15-10-13(2)26(3)21(29)18(15)27(20)4/h6-7,10-11H,5,8-9H2,1-4H3. The number of hydrogen-bond donors (Lipinski definition) is 0. The van der Waals surface area contributed by atoms with E-state index in [0.29, 0.717) is 22.4 Å². The van der Waals surface area contributed by atoms with Crippen molar-refractivity contribution in [3.8, 4) is 17.6 Å². The number of nitriles is 1. The van der Waals surface area contributed by atoms with Gasteiger partial charge >= 0.3 is 0 Å². The van der Waals surface area contributed by atoms with Gasteiger partial charge in [0.25, 0.3) is 5.56 Å². The molecule has 4 heterocycles. The summed E-state index contributed by atoms with van der Waals surface area (Å²) < 4.78 is 30.9. The predicted octanol–water partition coefficient (Wildman–Crippen LogP) is 2.24. The van der Waals surface area contributed by atoms with Crippen molar-refractivity contribution >= 4 is 26.4 Å². The summed E-state index contributed by atoms with van der Waals surface area (Å²) in [6.07, 6.45) is 3.28. The molecular weight excluding hydrogens is 428 g/mol. The van der Waals surface area contributed by atoms with Crippen molar-refractivity contribution in [2.24, 2.45) is 14.1 Å². The fourth-order valence-corrected chi connectivity index (χ4v) is 5.39. The van der Waals surface area contributed by atoms with E-state index < -0.39 is 15.3 Å². The summed E-state index contributed by atoms with van der Waals surface area (Å²) in [7, 11) is -0.289. The Labute approximate surface area is 184 Å². The third-order valence-corrected chi connectivity index (χ3v) is 8.29.